The summed E-state index contributed by atoms with van der Waals surface area (Å²) in [5.74, 6) is 0.675. The van der Waals surface area contributed by atoms with Crippen molar-refractivity contribution in [3.8, 4) is 5.75 Å². The quantitative estimate of drug-likeness (QED) is 0.726. The standard InChI is InChI=1S/C18H20O3/c1-14-8-9-18(16(12-14)17(19)10-11-20-2)21-13-15-6-4-3-5-7-15/h3-9,12H,10-11,13H2,1-2H3. The number of aryl methyl sites for hydroxylation is 1. The number of ether oxygens (including phenoxy) is 2. The Balaban J connectivity index is 2.13. The van der Waals surface area contributed by atoms with Crippen LogP contribution in [0.3, 0.4) is 0 Å². The van der Waals surface area contributed by atoms with Gasteiger partial charge in [-0.3, -0.25) is 4.79 Å². The first-order chi connectivity index (χ1) is 10.2. The zero-order valence-electron chi connectivity index (χ0n) is 12.5. The van der Waals surface area contributed by atoms with E-state index in [4.69, 9.17) is 9.47 Å². The van der Waals surface area contributed by atoms with E-state index in [1.54, 1.807) is 7.11 Å². The molecule has 21 heavy (non-hydrogen) atoms. The van der Waals surface area contributed by atoms with Crippen LogP contribution in [0.5, 0.6) is 5.75 Å². The van der Waals surface area contributed by atoms with Crippen molar-refractivity contribution in [1.29, 1.82) is 0 Å². The molecule has 3 heteroatoms. The zero-order chi connectivity index (χ0) is 15.1. The molecular weight excluding hydrogens is 264 g/mol. The Morgan fingerprint density at radius 1 is 1.10 bits per heavy atom. The van der Waals surface area contributed by atoms with Crippen molar-refractivity contribution in [2.75, 3.05) is 13.7 Å². The van der Waals surface area contributed by atoms with Crippen LogP contribution in [-0.2, 0) is 11.3 Å². The first-order valence-corrected chi connectivity index (χ1v) is 7.00. The molecule has 0 saturated heterocycles. The molecule has 0 amide bonds. The van der Waals surface area contributed by atoms with Gasteiger partial charge in [-0.25, -0.2) is 0 Å². The minimum absolute atomic E-state index is 0.0450. The molecule has 2 rings (SSSR count). The number of hydrogen-bond acceptors (Lipinski definition) is 3. The Labute approximate surface area is 125 Å². The molecule has 0 aliphatic heterocycles. The molecule has 0 fully saturated rings. The van der Waals surface area contributed by atoms with Gasteiger partial charge in [0.25, 0.3) is 0 Å². The molecule has 0 aliphatic rings. The fraction of sp³-hybridized carbons (Fsp3) is 0.278. The van der Waals surface area contributed by atoms with Gasteiger partial charge in [-0.1, -0.05) is 42.0 Å². The molecule has 110 valence electrons. The Bertz CT molecular complexity index is 591. The van der Waals surface area contributed by atoms with E-state index in [-0.39, 0.29) is 5.78 Å². The first-order valence-electron chi connectivity index (χ1n) is 7.00. The van der Waals surface area contributed by atoms with Crippen LogP contribution in [0.2, 0.25) is 0 Å². The molecule has 0 spiro atoms. The van der Waals surface area contributed by atoms with Gasteiger partial charge in [-0.15, -0.1) is 0 Å². The van der Waals surface area contributed by atoms with Crippen LogP contribution >= 0.6 is 0 Å². The van der Waals surface area contributed by atoms with Crippen molar-refractivity contribution in [1.82, 2.24) is 0 Å². The molecule has 0 aromatic heterocycles. The van der Waals surface area contributed by atoms with Crippen molar-refractivity contribution < 1.29 is 14.3 Å². The number of carbonyl (C=O) groups excluding carboxylic acids is 1. The van der Waals surface area contributed by atoms with Gasteiger partial charge in [0.15, 0.2) is 5.78 Å². The lowest BCUT2D eigenvalue weighted by Gasteiger charge is -2.12. The van der Waals surface area contributed by atoms with E-state index in [0.29, 0.717) is 30.9 Å². The van der Waals surface area contributed by atoms with Crippen LogP contribution in [0.15, 0.2) is 48.5 Å². The smallest absolute Gasteiger partial charge is 0.168 e. The number of benzene rings is 2. The minimum atomic E-state index is 0.0450. The second kappa shape index (κ2) is 7.60. The van der Waals surface area contributed by atoms with Gasteiger partial charge in [0, 0.05) is 13.5 Å². The maximum atomic E-state index is 12.2. The predicted octanol–water partition coefficient (Wildman–Crippen LogP) is 3.79. The highest BCUT2D eigenvalue weighted by Crippen LogP contribution is 2.23. The van der Waals surface area contributed by atoms with E-state index in [2.05, 4.69) is 0 Å². The SMILES string of the molecule is COCCC(=O)c1cc(C)ccc1OCc1ccccc1. The summed E-state index contributed by atoms with van der Waals surface area (Å²) < 4.78 is 10.8. The molecule has 0 N–H and O–H groups in total. The third-order valence-electron chi connectivity index (χ3n) is 3.21. The van der Waals surface area contributed by atoms with Gasteiger partial charge in [0.1, 0.15) is 12.4 Å². The monoisotopic (exact) mass is 284 g/mol. The lowest BCUT2D eigenvalue weighted by molar-refractivity contribution is 0.0928. The lowest BCUT2D eigenvalue weighted by atomic mass is 10.0. The Kier molecular flexibility index (Phi) is 5.52. The van der Waals surface area contributed by atoms with Crippen molar-refractivity contribution >= 4 is 5.78 Å². The maximum absolute atomic E-state index is 12.2. The van der Waals surface area contributed by atoms with E-state index in [9.17, 15) is 4.79 Å². The highest BCUT2D eigenvalue weighted by molar-refractivity contribution is 5.98. The minimum Gasteiger partial charge on any atom is -0.488 e. The van der Waals surface area contributed by atoms with Crippen LogP contribution in [-0.4, -0.2) is 19.5 Å². The number of carbonyl (C=O) groups is 1. The second-order valence-corrected chi connectivity index (χ2v) is 4.94. The summed E-state index contributed by atoms with van der Waals surface area (Å²) in [6.45, 7) is 2.84. The van der Waals surface area contributed by atoms with Gasteiger partial charge >= 0.3 is 0 Å². The molecule has 0 aliphatic carbocycles. The average molecular weight is 284 g/mol. The van der Waals surface area contributed by atoms with E-state index in [0.717, 1.165) is 11.1 Å². The molecule has 0 radical (unpaired) electrons. The van der Waals surface area contributed by atoms with E-state index in [1.165, 1.54) is 0 Å². The summed E-state index contributed by atoms with van der Waals surface area (Å²) in [6.07, 6.45) is 0.363. The van der Waals surface area contributed by atoms with Gasteiger partial charge in [0.2, 0.25) is 0 Å². The maximum Gasteiger partial charge on any atom is 0.168 e. The molecule has 0 unspecified atom stereocenters. The Morgan fingerprint density at radius 2 is 1.86 bits per heavy atom. The van der Waals surface area contributed by atoms with Crippen molar-refractivity contribution in [2.45, 2.75) is 20.0 Å². The molecule has 0 atom stereocenters. The van der Waals surface area contributed by atoms with E-state index in [1.807, 2.05) is 55.5 Å². The first kappa shape index (κ1) is 15.3. The summed E-state index contributed by atoms with van der Waals surface area (Å²) in [5.41, 5.74) is 2.75. The van der Waals surface area contributed by atoms with Crippen LogP contribution in [0.4, 0.5) is 0 Å². The van der Waals surface area contributed by atoms with Crippen LogP contribution in [0, 0.1) is 6.92 Å². The summed E-state index contributed by atoms with van der Waals surface area (Å²) in [5, 5.41) is 0. The average Bonchev–Trinajstić information content (AvgIpc) is 2.52. The van der Waals surface area contributed by atoms with Crippen LogP contribution in [0.25, 0.3) is 0 Å². The van der Waals surface area contributed by atoms with Crippen molar-refractivity contribution in [2.24, 2.45) is 0 Å². The van der Waals surface area contributed by atoms with Gasteiger partial charge < -0.3 is 9.47 Å². The molecule has 0 bridgehead atoms. The summed E-state index contributed by atoms with van der Waals surface area (Å²) in [4.78, 5) is 12.2. The predicted molar refractivity (Wildman–Crippen MR) is 82.8 cm³/mol. The fourth-order valence-corrected chi connectivity index (χ4v) is 2.05. The number of Topliss-reactive ketones (excluding diaryl/α,β-unsaturated/α-hetero) is 1. The molecule has 0 heterocycles. The Morgan fingerprint density at radius 3 is 2.57 bits per heavy atom. The Hall–Kier alpha value is -2.13. The molecule has 3 nitrogen and oxygen atoms in total. The summed E-state index contributed by atoms with van der Waals surface area (Å²) in [7, 11) is 1.59. The zero-order valence-corrected chi connectivity index (χ0v) is 12.5. The van der Waals surface area contributed by atoms with Crippen molar-refractivity contribution in [3.63, 3.8) is 0 Å². The lowest BCUT2D eigenvalue weighted by Crippen LogP contribution is -2.07. The number of hydrogen-bond donors (Lipinski definition) is 0. The van der Waals surface area contributed by atoms with Gasteiger partial charge in [-0.2, -0.15) is 0 Å². The molecule has 0 saturated carbocycles. The van der Waals surface area contributed by atoms with E-state index >= 15 is 0 Å². The largest absolute Gasteiger partial charge is 0.488 e. The van der Waals surface area contributed by atoms with Gasteiger partial charge in [-0.05, 0) is 24.6 Å². The van der Waals surface area contributed by atoms with Gasteiger partial charge in [0.05, 0.1) is 12.2 Å². The summed E-state index contributed by atoms with van der Waals surface area (Å²) >= 11 is 0. The molecule has 2 aromatic carbocycles. The van der Waals surface area contributed by atoms with E-state index < -0.39 is 0 Å². The molecular formula is C18H20O3. The highest BCUT2D eigenvalue weighted by Gasteiger charge is 2.13. The number of rotatable bonds is 7. The number of methoxy groups -OCH3 is 1. The summed E-state index contributed by atoms with van der Waals surface area (Å²) in [6, 6.07) is 15.6. The van der Waals surface area contributed by atoms with Crippen molar-refractivity contribution in [3.05, 3.63) is 65.2 Å². The fourth-order valence-electron chi connectivity index (χ4n) is 2.05. The topological polar surface area (TPSA) is 35.5 Å². The van der Waals surface area contributed by atoms with Crippen LogP contribution in [0.1, 0.15) is 27.9 Å². The van der Waals surface area contributed by atoms with Crippen LogP contribution < -0.4 is 4.74 Å². The third-order valence-corrected chi connectivity index (χ3v) is 3.21. The normalized spacial score (nSPS) is 10.4. The second-order valence-electron chi connectivity index (χ2n) is 4.94. The third kappa shape index (κ3) is 4.43. The number of ketones is 1. The molecule has 2 aromatic rings. The highest BCUT2D eigenvalue weighted by atomic mass is 16.5.